The van der Waals surface area contributed by atoms with Crippen molar-refractivity contribution >= 4 is 22.8 Å². The summed E-state index contributed by atoms with van der Waals surface area (Å²) in [7, 11) is 1.66. The molecular formula is C19H23N3O3. The van der Waals surface area contributed by atoms with Crippen molar-refractivity contribution in [1.29, 1.82) is 0 Å². The molecule has 2 fully saturated rings. The number of carbonyl (C=O) groups is 1. The molecule has 132 valence electrons. The van der Waals surface area contributed by atoms with E-state index < -0.39 is 6.09 Å². The van der Waals surface area contributed by atoms with Crippen LogP contribution in [0.2, 0.25) is 0 Å². The number of rotatable bonds is 4. The highest BCUT2D eigenvalue weighted by molar-refractivity contribution is 5.85. The smallest absolute Gasteiger partial charge is 0.404 e. The van der Waals surface area contributed by atoms with Crippen molar-refractivity contribution in [1.82, 2.24) is 10.3 Å². The number of nitrogens with one attached hydrogen (secondary N) is 2. The maximum absolute atomic E-state index is 11.0. The van der Waals surface area contributed by atoms with Gasteiger partial charge in [-0.3, -0.25) is 0 Å². The summed E-state index contributed by atoms with van der Waals surface area (Å²) in [5.74, 6) is 2.63. The van der Waals surface area contributed by atoms with E-state index in [-0.39, 0.29) is 12.1 Å². The fourth-order valence-corrected chi connectivity index (χ4v) is 4.61. The highest BCUT2D eigenvalue weighted by atomic mass is 16.5. The number of amides is 1. The standard InChI is InChI=1S/C19H23N3O3/c1-10-5-18(20-15-4-3-12(25-2)9-13(10)15)21-16-7-11-6-14(16)17(8-11)22-19(23)24/h3-5,9,11,14,16-17,22H,6-8H2,1-2H3,(H,20,21)(H,23,24)/t11-,14+,16-,17-/m0/s1. The normalized spacial score (nSPS) is 27.4. The minimum absolute atomic E-state index is 0.0552. The Bertz CT molecular complexity index is 823. The zero-order chi connectivity index (χ0) is 17.6. The first-order valence-corrected chi connectivity index (χ1v) is 8.75. The number of nitrogens with zero attached hydrogens (tertiary/aromatic N) is 1. The summed E-state index contributed by atoms with van der Waals surface area (Å²) >= 11 is 0. The molecule has 0 spiro atoms. The van der Waals surface area contributed by atoms with Crippen LogP contribution in [0.5, 0.6) is 5.75 Å². The van der Waals surface area contributed by atoms with E-state index in [9.17, 15) is 4.79 Å². The summed E-state index contributed by atoms with van der Waals surface area (Å²) in [4.78, 5) is 15.7. The molecule has 0 radical (unpaired) electrons. The SMILES string of the molecule is COc1ccc2nc(N[C@H]3C[C@@H]4C[C@H]3[C@@H](NC(=O)O)C4)cc(C)c2c1. The van der Waals surface area contributed by atoms with Crippen LogP contribution in [0, 0.1) is 18.8 Å². The quantitative estimate of drug-likeness (QED) is 0.794. The second-order valence-corrected chi connectivity index (χ2v) is 7.25. The highest BCUT2D eigenvalue weighted by Gasteiger charge is 2.46. The number of methoxy groups -OCH3 is 1. The van der Waals surface area contributed by atoms with Gasteiger partial charge in [-0.1, -0.05) is 0 Å². The Labute approximate surface area is 146 Å². The minimum Gasteiger partial charge on any atom is -0.497 e. The molecule has 6 heteroatoms. The van der Waals surface area contributed by atoms with Gasteiger partial charge >= 0.3 is 6.09 Å². The molecule has 2 aromatic rings. The second kappa shape index (κ2) is 6.10. The summed E-state index contributed by atoms with van der Waals surface area (Å²) in [5, 5.41) is 16.4. The zero-order valence-corrected chi connectivity index (χ0v) is 14.5. The van der Waals surface area contributed by atoms with Gasteiger partial charge in [0.15, 0.2) is 0 Å². The number of hydrogen-bond donors (Lipinski definition) is 3. The molecule has 25 heavy (non-hydrogen) atoms. The molecule has 2 aliphatic rings. The van der Waals surface area contributed by atoms with Crippen LogP contribution in [-0.4, -0.2) is 35.4 Å². The first kappa shape index (κ1) is 16.0. The van der Waals surface area contributed by atoms with E-state index in [4.69, 9.17) is 14.8 Å². The maximum Gasteiger partial charge on any atom is 0.404 e. The molecule has 0 saturated heterocycles. The van der Waals surface area contributed by atoms with Crippen LogP contribution in [0.3, 0.4) is 0 Å². The van der Waals surface area contributed by atoms with Crippen molar-refractivity contribution in [2.75, 3.05) is 12.4 Å². The Balaban J connectivity index is 1.56. The molecule has 0 unspecified atom stereocenters. The van der Waals surface area contributed by atoms with Crippen LogP contribution in [0.4, 0.5) is 10.6 Å². The lowest BCUT2D eigenvalue weighted by Crippen LogP contribution is -2.44. The van der Waals surface area contributed by atoms with Gasteiger partial charge in [-0.15, -0.1) is 0 Å². The van der Waals surface area contributed by atoms with Crippen LogP contribution in [0.1, 0.15) is 24.8 Å². The van der Waals surface area contributed by atoms with Crippen LogP contribution in [0.15, 0.2) is 24.3 Å². The van der Waals surface area contributed by atoms with E-state index in [1.165, 1.54) is 0 Å². The number of carboxylic acid groups (broad SMARTS) is 1. The predicted molar refractivity (Wildman–Crippen MR) is 96.2 cm³/mol. The average Bonchev–Trinajstić information content (AvgIpc) is 3.13. The maximum atomic E-state index is 11.0. The Morgan fingerprint density at radius 1 is 1.24 bits per heavy atom. The summed E-state index contributed by atoms with van der Waals surface area (Å²) < 4.78 is 5.29. The van der Waals surface area contributed by atoms with E-state index in [2.05, 4.69) is 23.6 Å². The molecule has 1 heterocycles. The Kier molecular flexibility index (Phi) is 3.90. The molecule has 2 saturated carbocycles. The van der Waals surface area contributed by atoms with Gasteiger partial charge in [-0.2, -0.15) is 0 Å². The molecule has 4 atom stereocenters. The topological polar surface area (TPSA) is 83.5 Å². The minimum atomic E-state index is -0.926. The molecule has 4 rings (SSSR count). The predicted octanol–water partition coefficient (Wildman–Crippen LogP) is 3.40. The molecule has 1 aromatic carbocycles. The van der Waals surface area contributed by atoms with Gasteiger partial charge in [0.1, 0.15) is 11.6 Å². The molecule has 3 N–H and O–H groups in total. The van der Waals surface area contributed by atoms with Crippen LogP contribution < -0.4 is 15.4 Å². The Morgan fingerprint density at radius 2 is 2.04 bits per heavy atom. The lowest BCUT2D eigenvalue weighted by atomic mass is 9.90. The van der Waals surface area contributed by atoms with Gasteiger partial charge in [-0.25, -0.2) is 9.78 Å². The molecule has 6 nitrogen and oxygen atoms in total. The van der Waals surface area contributed by atoms with Crippen molar-refractivity contribution < 1.29 is 14.6 Å². The van der Waals surface area contributed by atoms with E-state index in [1.807, 2.05) is 18.2 Å². The first-order valence-electron chi connectivity index (χ1n) is 8.75. The number of ether oxygens (including phenoxy) is 1. The van der Waals surface area contributed by atoms with Gasteiger partial charge in [-0.05, 0) is 67.9 Å². The number of benzene rings is 1. The van der Waals surface area contributed by atoms with Crippen LogP contribution in [0.25, 0.3) is 10.9 Å². The van der Waals surface area contributed by atoms with Crippen molar-refractivity contribution in [2.45, 2.75) is 38.3 Å². The van der Waals surface area contributed by atoms with Gasteiger partial charge in [0, 0.05) is 17.5 Å². The Morgan fingerprint density at radius 3 is 2.76 bits per heavy atom. The van der Waals surface area contributed by atoms with Gasteiger partial charge in [0.05, 0.1) is 12.6 Å². The lowest BCUT2D eigenvalue weighted by molar-refractivity contribution is 0.183. The van der Waals surface area contributed by atoms with Crippen LogP contribution in [-0.2, 0) is 0 Å². The number of aryl methyl sites for hydroxylation is 1. The van der Waals surface area contributed by atoms with Crippen molar-refractivity contribution in [2.24, 2.45) is 11.8 Å². The van der Waals surface area contributed by atoms with Gasteiger partial charge < -0.3 is 20.5 Å². The summed E-state index contributed by atoms with van der Waals surface area (Å²) in [6.07, 6.45) is 2.21. The molecular weight excluding hydrogens is 318 g/mol. The molecule has 1 aromatic heterocycles. The third-order valence-corrected chi connectivity index (χ3v) is 5.68. The monoisotopic (exact) mass is 341 g/mol. The van der Waals surface area contributed by atoms with Crippen molar-refractivity contribution in [3.8, 4) is 5.75 Å². The fourth-order valence-electron chi connectivity index (χ4n) is 4.61. The van der Waals surface area contributed by atoms with Crippen molar-refractivity contribution in [3.05, 3.63) is 29.8 Å². The number of pyridine rings is 1. The van der Waals surface area contributed by atoms with Crippen molar-refractivity contribution in [3.63, 3.8) is 0 Å². The summed E-state index contributed by atoms with van der Waals surface area (Å²) in [6.45, 7) is 2.07. The summed E-state index contributed by atoms with van der Waals surface area (Å²) in [6, 6.07) is 8.29. The van der Waals surface area contributed by atoms with E-state index in [1.54, 1.807) is 7.11 Å². The first-order chi connectivity index (χ1) is 12.0. The largest absolute Gasteiger partial charge is 0.497 e. The molecule has 0 aliphatic heterocycles. The van der Waals surface area contributed by atoms with E-state index >= 15 is 0 Å². The summed E-state index contributed by atoms with van der Waals surface area (Å²) in [5.41, 5.74) is 2.08. The second-order valence-electron chi connectivity index (χ2n) is 7.25. The number of fused-ring (bicyclic) bond motifs is 3. The number of hydrogen-bond acceptors (Lipinski definition) is 4. The lowest BCUT2D eigenvalue weighted by Gasteiger charge is -2.30. The van der Waals surface area contributed by atoms with Gasteiger partial charge in [0.25, 0.3) is 0 Å². The molecule has 2 aliphatic carbocycles. The third-order valence-electron chi connectivity index (χ3n) is 5.68. The highest BCUT2D eigenvalue weighted by Crippen LogP contribution is 2.45. The van der Waals surface area contributed by atoms with Gasteiger partial charge in [0.2, 0.25) is 0 Å². The average molecular weight is 341 g/mol. The number of anilines is 1. The fraction of sp³-hybridized carbons (Fsp3) is 0.474. The molecule has 1 amide bonds. The Hall–Kier alpha value is -2.50. The number of aromatic nitrogens is 1. The van der Waals surface area contributed by atoms with E-state index in [0.717, 1.165) is 47.3 Å². The van der Waals surface area contributed by atoms with E-state index in [0.29, 0.717) is 11.8 Å². The zero-order valence-electron chi connectivity index (χ0n) is 14.5. The third kappa shape index (κ3) is 2.97. The molecule has 2 bridgehead atoms. The van der Waals surface area contributed by atoms with Crippen LogP contribution >= 0.6 is 0 Å².